The van der Waals surface area contributed by atoms with Crippen LogP contribution in [-0.2, 0) is 6.42 Å². The Kier molecular flexibility index (Phi) is 4.86. The zero-order valence-electron chi connectivity index (χ0n) is 13.4. The van der Waals surface area contributed by atoms with Gasteiger partial charge in [0.25, 0.3) is 0 Å². The predicted molar refractivity (Wildman–Crippen MR) is 85.5 cm³/mol. The third kappa shape index (κ3) is 3.61. The number of hydrogen-bond donors (Lipinski definition) is 1. The van der Waals surface area contributed by atoms with Crippen LogP contribution in [0.25, 0.3) is 0 Å². The van der Waals surface area contributed by atoms with Crippen molar-refractivity contribution in [3.8, 4) is 0 Å². The molecule has 1 aromatic rings. The normalized spacial score (nSPS) is 21.4. The highest BCUT2D eigenvalue weighted by molar-refractivity contribution is 5.20. The molecule has 0 amide bonds. The Morgan fingerprint density at radius 3 is 2.62 bits per heavy atom. The molecule has 1 unspecified atom stereocenters. The molecule has 0 aromatic carbocycles. The first-order valence-corrected chi connectivity index (χ1v) is 8.64. The first kappa shape index (κ1) is 14.9. The lowest BCUT2D eigenvalue weighted by Gasteiger charge is -2.33. The van der Waals surface area contributed by atoms with Crippen LogP contribution in [0.3, 0.4) is 0 Å². The third-order valence-electron chi connectivity index (χ3n) is 4.60. The molecular weight excluding hydrogens is 260 g/mol. The van der Waals surface area contributed by atoms with Crippen LogP contribution in [0.4, 0.5) is 0 Å². The molecule has 1 atom stereocenters. The Bertz CT molecular complexity index is 464. The molecule has 1 saturated heterocycles. The molecular formula is C17H28N4. The summed E-state index contributed by atoms with van der Waals surface area (Å²) in [6.07, 6.45) is 5.96. The quantitative estimate of drug-likeness (QED) is 0.874. The van der Waals surface area contributed by atoms with Crippen LogP contribution in [0.1, 0.15) is 68.7 Å². The van der Waals surface area contributed by atoms with Crippen molar-refractivity contribution in [2.75, 3.05) is 26.2 Å². The minimum Gasteiger partial charge on any atom is -0.314 e. The number of nitrogens with zero attached hydrogens (tertiary/aromatic N) is 3. The minimum atomic E-state index is 0.390. The van der Waals surface area contributed by atoms with Gasteiger partial charge in [-0.1, -0.05) is 20.3 Å². The van der Waals surface area contributed by atoms with Crippen molar-refractivity contribution in [1.82, 2.24) is 20.2 Å². The van der Waals surface area contributed by atoms with Crippen LogP contribution in [-0.4, -0.2) is 41.0 Å². The SMILES string of the molecule is CCCc1cc(C2CC2)nc(C(CC)N2CCNCC2)n1. The summed E-state index contributed by atoms with van der Waals surface area (Å²) in [5, 5.41) is 3.43. The molecule has 2 fully saturated rings. The molecule has 21 heavy (non-hydrogen) atoms. The zero-order chi connectivity index (χ0) is 14.7. The molecule has 4 nitrogen and oxygen atoms in total. The van der Waals surface area contributed by atoms with E-state index in [1.165, 1.54) is 24.2 Å². The summed E-state index contributed by atoms with van der Waals surface area (Å²) in [5.41, 5.74) is 2.55. The Hall–Kier alpha value is -1.00. The van der Waals surface area contributed by atoms with Crippen LogP contribution in [0.5, 0.6) is 0 Å². The van der Waals surface area contributed by atoms with Gasteiger partial charge in [-0.2, -0.15) is 0 Å². The van der Waals surface area contributed by atoms with Gasteiger partial charge in [-0.3, -0.25) is 4.90 Å². The predicted octanol–water partition coefficient (Wildman–Crippen LogP) is 2.66. The van der Waals surface area contributed by atoms with Crippen molar-refractivity contribution in [2.45, 2.75) is 57.9 Å². The second-order valence-electron chi connectivity index (χ2n) is 6.38. The van der Waals surface area contributed by atoms with Crippen molar-refractivity contribution >= 4 is 0 Å². The van der Waals surface area contributed by atoms with Crippen LogP contribution < -0.4 is 5.32 Å². The van der Waals surface area contributed by atoms with E-state index in [1.54, 1.807) is 0 Å². The highest BCUT2D eigenvalue weighted by atomic mass is 15.2. The lowest BCUT2D eigenvalue weighted by Crippen LogP contribution is -2.45. The summed E-state index contributed by atoms with van der Waals surface area (Å²) in [4.78, 5) is 12.4. The van der Waals surface area contributed by atoms with Crippen LogP contribution >= 0.6 is 0 Å². The lowest BCUT2D eigenvalue weighted by molar-refractivity contribution is 0.162. The van der Waals surface area contributed by atoms with Crippen molar-refractivity contribution in [1.29, 1.82) is 0 Å². The molecule has 0 spiro atoms. The summed E-state index contributed by atoms with van der Waals surface area (Å²) < 4.78 is 0. The first-order valence-electron chi connectivity index (χ1n) is 8.64. The van der Waals surface area contributed by atoms with Gasteiger partial charge in [0.05, 0.1) is 6.04 Å². The van der Waals surface area contributed by atoms with Gasteiger partial charge in [-0.25, -0.2) is 9.97 Å². The zero-order valence-corrected chi connectivity index (χ0v) is 13.4. The third-order valence-corrected chi connectivity index (χ3v) is 4.60. The Balaban J connectivity index is 1.86. The van der Waals surface area contributed by atoms with E-state index in [0.29, 0.717) is 12.0 Å². The topological polar surface area (TPSA) is 41.1 Å². The summed E-state index contributed by atoms with van der Waals surface area (Å²) in [5.74, 6) is 1.79. The summed E-state index contributed by atoms with van der Waals surface area (Å²) in [7, 11) is 0. The Morgan fingerprint density at radius 2 is 2.00 bits per heavy atom. The molecule has 1 N–H and O–H groups in total. The summed E-state index contributed by atoms with van der Waals surface area (Å²) in [6, 6.07) is 2.65. The van der Waals surface area contributed by atoms with E-state index in [9.17, 15) is 0 Å². The lowest BCUT2D eigenvalue weighted by atomic mass is 10.1. The van der Waals surface area contributed by atoms with Gasteiger partial charge in [0, 0.05) is 43.5 Å². The van der Waals surface area contributed by atoms with E-state index < -0.39 is 0 Å². The maximum atomic E-state index is 4.95. The fraction of sp³-hybridized carbons (Fsp3) is 0.765. The molecule has 3 rings (SSSR count). The van der Waals surface area contributed by atoms with Gasteiger partial charge in [-0.15, -0.1) is 0 Å². The van der Waals surface area contributed by atoms with Crippen molar-refractivity contribution < 1.29 is 0 Å². The van der Waals surface area contributed by atoms with Gasteiger partial charge < -0.3 is 5.32 Å². The van der Waals surface area contributed by atoms with E-state index in [0.717, 1.165) is 51.3 Å². The van der Waals surface area contributed by atoms with E-state index >= 15 is 0 Å². The highest BCUT2D eigenvalue weighted by Crippen LogP contribution is 2.39. The van der Waals surface area contributed by atoms with Gasteiger partial charge in [0.1, 0.15) is 5.82 Å². The summed E-state index contributed by atoms with van der Waals surface area (Å²) >= 11 is 0. The molecule has 4 heteroatoms. The number of piperazine rings is 1. The molecule has 1 saturated carbocycles. The Morgan fingerprint density at radius 1 is 1.24 bits per heavy atom. The number of hydrogen-bond acceptors (Lipinski definition) is 4. The fourth-order valence-electron chi connectivity index (χ4n) is 3.26. The number of aryl methyl sites for hydroxylation is 1. The largest absolute Gasteiger partial charge is 0.314 e. The average Bonchev–Trinajstić information content (AvgIpc) is 3.34. The van der Waals surface area contributed by atoms with Gasteiger partial charge >= 0.3 is 0 Å². The fourth-order valence-corrected chi connectivity index (χ4v) is 3.26. The second kappa shape index (κ2) is 6.84. The average molecular weight is 288 g/mol. The van der Waals surface area contributed by atoms with Crippen molar-refractivity contribution in [3.05, 3.63) is 23.3 Å². The minimum absolute atomic E-state index is 0.390. The molecule has 1 aliphatic heterocycles. The molecule has 0 radical (unpaired) electrons. The first-order chi connectivity index (χ1) is 10.3. The molecule has 0 bridgehead atoms. The maximum absolute atomic E-state index is 4.95. The van der Waals surface area contributed by atoms with Crippen molar-refractivity contribution in [3.63, 3.8) is 0 Å². The standard InChI is InChI=1S/C17H28N4/c1-3-5-14-12-15(13-6-7-13)20-17(19-14)16(4-2)21-10-8-18-9-11-21/h12-13,16,18H,3-11H2,1-2H3. The van der Waals surface area contributed by atoms with Gasteiger partial charge in [0.15, 0.2) is 0 Å². The van der Waals surface area contributed by atoms with Gasteiger partial charge in [-0.05, 0) is 31.7 Å². The number of aromatic nitrogens is 2. The number of nitrogens with one attached hydrogen (secondary N) is 1. The smallest absolute Gasteiger partial charge is 0.145 e. The molecule has 1 aliphatic carbocycles. The van der Waals surface area contributed by atoms with Crippen molar-refractivity contribution in [2.24, 2.45) is 0 Å². The molecule has 2 heterocycles. The van der Waals surface area contributed by atoms with Crippen LogP contribution in [0, 0.1) is 0 Å². The number of rotatable bonds is 6. The van der Waals surface area contributed by atoms with E-state index in [-0.39, 0.29) is 0 Å². The molecule has 116 valence electrons. The van der Waals surface area contributed by atoms with E-state index in [1.807, 2.05) is 0 Å². The maximum Gasteiger partial charge on any atom is 0.145 e. The second-order valence-corrected chi connectivity index (χ2v) is 6.38. The van der Waals surface area contributed by atoms with Crippen LogP contribution in [0.2, 0.25) is 0 Å². The summed E-state index contributed by atoms with van der Waals surface area (Å²) in [6.45, 7) is 8.88. The molecule has 1 aromatic heterocycles. The highest BCUT2D eigenvalue weighted by Gasteiger charge is 2.28. The van der Waals surface area contributed by atoms with E-state index in [2.05, 4.69) is 30.1 Å². The molecule has 2 aliphatic rings. The van der Waals surface area contributed by atoms with Crippen LogP contribution in [0.15, 0.2) is 6.07 Å². The van der Waals surface area contributed by atoms with E-state index in [4.69, 9.17) is 9.97 Å². The monoisotopic (exact) mass is 288 g/mol. The van der Waals surface area contributed by atoms with Gasteiger partial charge in [0.2, 0.25) is 0 Å². The Labute approximate surface area is 128 Å².